The number of amides is 1. The molecule has 1 saturated carbocycles. The Bertz CT molecular complexity index is 1190. The third kappa shape index (κ3) is 4.68. The van der Waals surface area contributed by atoms with E-state index in [-0.39, 0.29) is 18.0 Å². The first kappa shape index (κ1) is 22.9. The Labute approximate surface area is 206 Å². The predicted octanol–water partition coefficient (Wildman–Crippen LogP) is 2.07. The maximum atomic E-state index is 13.1. The number of hydrogen-bond donors (Lipinski definition) is 3. The van der Waals surface area contributed by atoms with Crippen LogP contribution in [0.25, 0.3) is 10.6 Å². The molecule has 3 aromatic rings. The Morgan fingerprint density at radius 2 is 2.09 bits per heavy atom. The van der Waals surface area contributed by atoms with E-state index in [0.717, 1.165) is 52.2 Å². The highest BCUT2D eigenvalue weighted by Gasteiger charge is 2.49. The van der Waals surface area contributed by atoms with E-state index < -0.39 is 0 Å². The van der Waals surface area contributed by atoms with E-state index in [0.29, 0.717) is 18.0 Å². The molecule has 34 heavy (non-hydrogen) atoms. The zero-order valence-electron chi connectivity index (χ0n) is 19.4. The van der Waals surface area contributed by atoms with Crippen LogP contribution in [0.4, 0.5) is 10.9 Å². The number of nitrogens with zero attached hydrogens (tertiary/aromatic N) is 4. The molecule has 3 N–H and O–H groups in total. The molecule has 2 bridgehead atoms. The van der Waals surface area contributed by atoms with Gasteiger partial charge in [0.05, 0.1) is 39.7 Å². The van der Waals surface area contributed by atoms with Crippen molar-refractivity contribution in [3.8, 4) is 10.6 Å². The van der Waals surface area contributed by atoms with Crippen molar-refractivity contribution < 1.29 is 14.8 Å². The summed E-state index contributed by atoms with van der Waals surface area (Å²) in [5, 5.41) is 13.2. The monoisotopic (exact) mass is 498 g/mol. The fourth-order valence-electron chi connectivity index (χ4n) is 4.50. The van der Waals surface area contributed by atoms with Crippen LogP contribution in [0.2, 0.25) is 0 Å². The summed E-state index contributed by atoms with van der Waals surface area (Å²) < 4.78 is 0. The Balaban J connectivity index is 1.18. The van der Waals surface area contributed by atoms with Gasteiger partial charge >= 0.3 is 0 Å². The molecule has 2 unspecified atom stereocenters. The van der Waals surface area contributed by atoms with Crippen LogP contribution < -0.4 is 15.8 Å². The number of rotatable bonds is 8. The lowest BCUT2D eigenvalue weighted by Crippen LogP contribution is -2.77. The van der Waals surface area contributed by atoms with Gasteiger partial charge < -0.3 is 15.5 Å². The van der Waals surface area contributed by atoms with Crippen molar-refractivity contribution in [3.05, 3.63) is 40.0 Å². The average molecular weight is 499 g/mol. The van der Waals surface area contributed by atoms with Crippen molar-refractivity contribution in [2.24, 2.45) is 0 Å². The lowest BCUT2D eigenvalue weighted by atomic mass is 9.78. The molecular formula is C23H28N7O2S2+. The molecule has 3 aliphatic rings. The number of aromatic nitrogens is 3. The van der Waals surface area contributed by atoms with E-state index >= 15 is 0 Å². The summed E-state index contributed by atoms with van der Waals surface area (Å²) in [5.41, 5.74) is 3.70. The lowest BCUT2D eigenvalue weighted by Gasteiger charge is -2.51. The molecule has 178 valence electrons. The standard InChI is InChI=1S/C23H27N7O2S2/c1-13-21(34-14(2)26-13)19-12-33-23(27-19)28-20-5-4-15(11-25-20)22(31)30-17-8-16(9-18(30)10-17)29-32-7-6-24-3/h4-5,11-12,17-18,24H,6-10H2,1-3H3,(H,25,27,28)/p+1. The highest BCUT2D eigenvalue weighted by molar-refractivity contribution is 7.16. The maximum absolute atomic E-state index is 13.1. The van der Waals surface area contributed by atoms with Gasteiger partial charge in [-0.05, 0) is 44.6 Å². The minimum atomic E-state index is 0.0445. The molecule has 1 amide bonds. The normalized spacial score (nSPS) is 19.0. The summed E-state index contributed by atoms with van der Waals surface area (Å²) in [6, 6.07) is 4.13. The van der Waals surface area contributed by atoms with Crippen molar-refractivity contribution in [1.29, 1.82) is 0 Å². The number of aryl methyl sites for hydroxylation is 2. The summed E-state index contributed by atoms with van der Waals surface area (Å²) in [6.45, 7) is 5.41. The molecule has 0 spiro atoms. The smallest absolute Gasteiger partial charge is 0.255 e. The van der Waals surface area contributed by atoms with E-state index in [1.165, 1.54) is 17.0 Å². The molecule has 6 rings (SSSR count). The van der Waals surface area contributed by atoms with Gasteiger partial charge in [0.15, 0.2) is 11.7 Å². The highest BCUT2D eigenvalue weighted by Crippen LogP contribution is 2.37. The fourth-order valence-corrected chi connectivity index (χ4v) is 6.16. The van der Waals surface area contributed by atoms with Crippen LogP contribution >= 0.6 is 22.7 Å². The number of piperidine rings is 1. The van der Waals surface area contributed by atoms with E-state index in [2.05, 4.69) is 30.7 Å². The molecule has 9 nitrogen and oxygen atoms in total. The molecule has 11 heteroatoms. The number of carbonyl (C=O) groups excluding carboxylic acids is 1. The number of pyridine rings is 1. The van der Waals surface area contributed by atoms with Gasteiger partial charge in [0.1, 0.15) is 5.82 Å². The van der Waals surface area contributed by atoms with Gasteiger partial charge in [-0.25, -0.2) is 15.0 Å². The van der Waals surface area contributed by atoms with Crippen LogP contribution in [0.5, 0.6) is 0 Å². The van der Waals surface area contributed by atoms with Gasteiger partial charge in [-0.1, -0.05) is 0 Å². The Hall–Kier alpha value is -2.89. The molecule has 5 heterocycles. The molecule has 3 aromatic heterocycles. The minimum absolute atomic E-state index is 0.0445. The quantitative estimate of drug-likeness (QED) is 0.322. The summed E-state index contributed by atoms with van der Waals surface area (Å²) in [4.78, 5) is 35.3. The van der Waals surface area contributed by atoms with E-state index in [1.807, 2.05) is 43.3 Å². The zero-order valence-corrected chi connectivity index (χ0v) is 21.1. The van der Waals surface area contributed by atoms with Gasteiger partial charge in [-0.2, -0.15) is 0 Å². The molecule has 0 aromatic carbocycles. The van der Waals surface area contributed by atoms with Crippen molar-refractivity contribution in [1.82, 2.24) is 25.2 Å². The third-order valence-electron chi connectivity index (χ3n) is 6.09. The summed E-state index contributed by atoms with van der Waals surface area (Å²) in [7, 11) is 1.90. The highest BCUT2D eigenvalue weighted by atomic mass is 32.1. The second kappa shape index (κ2) is 9.77. The minimum Gasteiger partial charge on any atom is -0.331 e. The second-order valence-corrected chi connectivity index (χ2v) is 10.6. The summed E-state index contributed by atoms with van der Waals surface area (Å²) >= 11 is 3.17. The molecule has 2 aliphatic heterocycles. The van der Waals surface area contributed by atoms with Crippen molar-refractivity contribution >= 4 is 45.2 Å². The third-order valence-corrected chi connectivity index (χ3v) is 7.94. The van der Waals surface area contributed by atoms with Crippen molar-refractivity contribution in [2.75, 3.05) is 25.5 Å². The van der Waals surface area contributed by atoms with E-state index in [9.17, 15) is 4.79 Å². The second-order valence-electron chi connectivity index (χ2n) is 8.56. The largest absolute Gasteiger partial charge is 0.331 e. The number of carbonyl (C=O) groups is 1. The SMILES string of the molecule is CNCCO[NH+]=C1CC2CC(C1)N2C(=O)c1ccc(Nc2nc(-c3sc(C)nc3C)cs2)nc1. The van der Waals surface area contributed by atoms with Crippen LogP contribution in [-0.4, -0.2) is 63.8 Å². The Morgan fingerprint density at radius 3 is 2.76 bits per heavy atom. The molecular weight excluding hydrogens is 470 g/mol. The number of hydrogen-bond acceptors (Lipinski definition) is 9. The van der Waals surface area contributed by atoms with Gasteiger partial charge in [0, 0.05) is 30.2 Å². The number of fused-ring (bicyclic) bond motifs is 2. The number of likely N-dealkylation sites (N-methyl/N-ethyl adjacent to an activating group) is 1. The van der Waals surface area contributed by atoms with Crippen molar-refractivity contribution in [2.45, 2.75) is 45.2 Å². The molecule has 2 atom stereocenters. The van der Waals surface area contributed by atoms with Crippen LogP contribution in [0.1, 0.15) is 40.3 Å². The first-order valence-electron chi connectivity index (χ1n) is 11.3. The molecule has 0 radical (unpaired) electrons. The number of anilines is 2. The average Bonchev–Trinajstić information content (AvgIpc) is 3.42. The lowest BCUT2D eigenvalue weighted by molar-refractivity contribution is -0.754. The predicted molar refractivity (Wildman–Crippen MR) is 134 cm³/mol. The number of nitrogens with one attached hydrogen (secondary N) is 3. The fraction of sp³-hybridized carbons (Fsp3) is 0.435. The van der Waals surface area contributed by atoms with Crippen molar-refractivity contribution in [3.63, 3.8) is 0 Å². The van der Waals surface area contributed by atoms with E-state index in [1.54, 1.807) is 17.5 Å². The molecule has 3 fully saturated rings. The molecule has 1 aliphatic carbocycles. The van der Waals surface area contributed by atoms with Gasteiger partial charge in [0.2, 0.25) is 5.71 Å². The van der Waals surface area contributed by atoms with E-state index in [4.69, 9.17) is 4.84 Å². The Kier molecular flexibility index (Phi) is 6.57. The number of thiazole rings is 2. The first-order chi connectivity index (χ1) is 16.5. The first-order valence-corrected chi connectivity index (χ1v) is 13.0. The van der Waals surface area contributed by atoms with Crippen LogP contribution in [0.15, 0.2) is 23.7 Å². The summed E-state index contributed by atoms with van der Waals surface area (Å²) in [5.74, 6) is 0.708. The Morgan fingerprint density at radius 1 is 1.26 bits per heavy atom. The topological polar surface area (TPSA) is 106 Å². The van der Waals surface area contributed by atoms with Gasteiger partial charge in [0.25, 0.3) is 5.91 Å². The summed E-state index contributed by atoms with van der Waals surface area (Å²) in [6.07, 6.45) is 4.36. The van der Waals surface area contributed by atoms with Gasteiger partial charge in [-0.3, -0.25) is 9.63 Å². The maximum Gasteiger partial charge on any atom is 0.255 e. The van der Waals surface area contributed by atoms with Crippen LogP contribution in [-0.2, 0) is 4.84 Å². The zero-order chi connectivity index (χ0) is 23.7. The van der Waals surface area contributed by atoms with Crippen LogP contribution in [0, 0.1) is 13.8 Å². The van der Waals surface area contributed by atoms with Gasteiger partial charge in [-0.15, -0.1) is 22.7 Å². The van der Waals surface area contributed by atoms with Crippen LogP contribution in [0.3, 0.4) is 0 Å². The molecule has 2 saturated heterocycles.